The highest BCUT2D eigenvalue weighted by Gasteiger charge is 2.28. The molecule has 1 aliphatic rings. The van der Waals surface area contributed by atoms with E-state index < -0.39 is 0 Å². The van der Waals surface area contributed by atoms with Crippen LogP contribution in [0.4, 0.5) is 5.69 Å². The summed E-state index contributed by atoms with van der Waals surface area (Å²) in [5.74, 6) is 0.215. The third-order valence-corrected chi connectivity index (χ3v) is 3.68. The van der Waals surface area contributed by atoms with E-state index >= 15 is 0 Å². The average molecular weight is 255 g/mol. The molecule has 1 aromatic heterocycles. The summed E-state index contributed by atoms with van der Waals surface area (Å²) in [7, 11) is 1.89. The normalized spacial score (nSPS) is 17.1. The molecule has 2 aromatic rings. The standard InChI is InChI=1S/C15H17N3O/c1-10-7-11(18(2)17-10)8-15(19)13-9-16-14-6-4-3-5-12(13)14/h3-7,13,16H,8-9H2,1-2H3. The Bertz CT molecular complexity index is 630. The number of anilines is 1. The fraction of sp³-hybridized carbons (Fsp3) is 0.333. The maximum atomic E-state index is 12.5. The van der Waals surface area contributed by atoms with Crippen molar-refractivity contribution in [1.29, 1.82) is 0 Å². The predicted molar refractivity (Wildman–Crippen MR) is 74.3 cm³/mol. The Hall–Kier alpha value is -2.10. The summed E-state index contributed by atoms with van der Waals surface area (Å²) in [5, 5.41) is 7.58. The van der Waals surface area contributed by atoms with Crippen molar-refractivity contribution in [3.8, 4) is 0 Å². The summed E-state index contributed by atoms with van der Waals surface area (Å²) in [6.07, 6.45) is 0.442. The van der Waals surface area contributed by atoms with E-state index in [-0.39, 0.29) is 11.7 Å². The number of nitrogens with one attached hydrogen (secondary N) is 1. The van der Waals surface area contributed by atoms with Crippen LogP contribution in [-0.2, 0) is 18.3 Å². The van der Waals surface area contributed by atoms with Crippen LogP contribution in [0.2, 0.25) is 0 Å². The number of para-hydroxylation sites is 1. The van der Waals surface area contributed by atoms with Crippen LogP contribution >= 0.6 is 0 Å². The van der Waals surface area contributed by atoms with Gasteiger partial charge in [0.05, 0.1) is 11.6 Å². The van der Waals surface area contributed by atoms with Gasteiger partial charge in [-0.2, -0.15) is 5.10 Å². The van der Waals surface area contributed by atoms with E-state index in [1.807, 2.05) is 44.3 Å². The maximum absolute atomic E-state index is 12.5. The molecule has 1 atom stereocenters. The van der Waals surface area contributed by atoms with Gasteiger partial charge in [0.2, 0.25) is 0 Å². The van der Waals surface area contributed by atoms with Gasteiger partial charge in [0, 0.05) is 31.4 Å². The lowest BCUT2D eigenvalue weighted by atomic mass is 9.94. The Morgan fingerprint density at radius 2 is 2.26 bits per heavy atom. The van der Waals surface area contributed by atoms with Gasteiger partial charge >= 0.3 is 0 Å². The number of fused-ring (bicyclic) bond motifs is 1. The van der Waals surface area contributed by atoms with Crippen LogP contribution < -0.4 is 5.32 Å². The number of Topliss-reactive ketones (excluding diaryl/α,β-unsaturated/α-hetero) is 1. The molecular formula is C15H17N3O. The van der Waals surface area contributed by atoms with Gasteiger partial charge in [0.1, 0.15) is 5.78 Å². The first-order chi connectivity index (χ1) is 9.15. The monoisotopic (exact) mass is 255 g/mol. The summed E-state index contributed by atoms with van der Waals surface area (Å²) in [4.78, 5) is 12.5. The molecular weight excluding hydrogens is 238 g/mol. The van der Waals surface area contributed by atoms with Gasteiger partial charge < -0.3 is 5.32 Å². The smallest absolute Gasteiger partial charge is 0.148 e. The molecule has 1 aliphatic heterocycles. The molecule has 2 heterocycles. The number of carbonyl (C=O) groups excluding carboxylic acids is 1. The van der Waals surface area contributed by atoms with Gasteiger partial charge in [-0.3, -0.25) is 9.48 Å². The zero-order valence-corrected chi connectivity index (χ0v) is 11.2. The van der Waals surface area contributed by atoms with Gasteiger partial charge in [-0.05, 0) is 24.6 Å². The van der Waals surface area contributed by atoms with Gasteiger partial charge in [-0.25, -0.2) is 0 Å². The molecule has 0 saturated carbocycles. The van der Waals surface area contributed by atoms with Crippen LogP contribution in [-0.4, -0.2) is 22.1 Å². The van der Waals surface area contributed by atoms with Crippen LogP contribution in [0.5, 0.6) is 0 Å². The van der Waals surface area contributed by atoms with Crippen molar-refractivity contribution in [2.24, 2.45) is 7.05 Å². The Morgan fingerprint density at radius 3 is 3.00 bits per heavy atom. The van der Waals surface area contributed by atoms with E-state index in [1.54, 1.807) is 4.68 Å². The lowest BCUT2D eigenvalue weighted by Crippen LogP contribution is -2.18. The molecule has 1 unspecified atom stereocenters. The second kappa shape index (κ2) is 4.53. The minimum atomic E-state index is -0.0357. The predicted octanol–water partition coefficient (Wildman–Crippen LogP) is 2.05. The molecule has 0 fully saturated rings. The van der Waals surface area contributed by atoms with Gasteiger partial charge in [0.25, 0.3) is 0 Å². The van der Waals surface area contributed by atoms with Gasteiger partial charge in [-0.1, -0.05) is 18.2 Å². The summed E-state index contributed by atoms with van der Waals surface area (Å²) >= 11 is 0. The average Bonchev–Trinajstić information content (AvgIpc) is 2.93. The zero-order chi connectivity index (χ0) is 13.4. The number of aromatic nitrogens is 2. The summed E-state index contributed by atoms with van der Waals surface area (Å²) in [6.45, 7) is 2.65. The molecule has 98 valence electrons. The lowest BCUT2D eigenvalue weighted by molar-refractivity contribution is -0.119. The van der Waals surface area contributed by atoms with E-state index in [2.05, 4.69) is 10.4 Å². The van der Waals surface area contributed by atoms with Crippen molar-refractivity contribution >= 4 is 11.5 Å². The van der Waals surface area contributed by atoms with E-state index in [4.69, 9.17) is 0 Å². The fourth-order valence-electron chi connectivity index (χ4n) is 2.70. The Balaban J connectivity index is 1.81. The van der Waals surface area contributed by atoms with Crippen LogP contribution in [0.25, 0.3) is 0 Å². The fourth-order valence-corrected chi connectivity index (χ4v) is 2.70. The number of rotatable bonds is 3. The van der Waals surface area contributed by atoms with Crippen LogP contribution in [0.15, 0.2) is 30.3 Å². The third-order valence-electron chi connectivity index (χ3n) is 3.68. The van der Waals surface area contributed by atoms with E-state index in [1.165, 1.54) is 0 Å². The molecule has 19 heavy (non-hydrogen) atoms. The Labute approximate surface area is 112 Å². The summed E-state index contributed by atoms with van der Waals surface area (Å²) in [5.41, 5.74) is 4.13. The quantitative estimate of drug-likeness (QED) is 0.913. The first-order valence-electron chi connectivity index (χ1n) is 6.50. The highest BCUT2D eigenvalue weighted by molar-refractivity contribution is 5.91. The van der Waals surface area contributed by atoms with Crippen molar-refractivity contribution in [2.45, 2.75) is 19.3 Å². The third kappa shape index (κ3) is 2.14. The number of nitrogens with zero attached hydrogens (tertiary/aromatic N) is 2. The molecule has 3 rings (SSSR count). The Morgan fingerprint density at radius 1 is 1.47 bits per heavy atom. The SMILES string of the molecule is Cc1cc(CC(=O)C2CNc3ccccc32)n(C)n1. The molecule has 0 radical (unpaired) electrons. The molecule has 0 bridgehead atoms. The number of hydrogen-bond donors (Lipinski definition) is 1. The molecule has 1 aromatic carbocycles. The zero-order valence-electron chi connectivity index (χ0n) is 11.2. The molecule has 0 spiro atoms. The number of ketones is 1. The van der Waals surface area contributed by atoms with E-state index in [0.717, 1.165) is 22.6 Å². The Kier molecular flexibility index (Phi) is 2.85. The molecule has 4 heteroatoms. The first-order valence-corrected chi connectivity index (χ1v) is 6.50. The highest BCUT2D eigenvalue weighted by atomic mass is 16.1. The maximum Gasteiger partial charge on any atom is 0.148 e. The van der Waals surface area contributed by atoms with Crippen LogP contribution in [0, 0.1) is 6.92 Å². The van der Waals surface area contributed by atoms with Gasteiger partial charge in [-0.15, -0.1) is 0 Å². The van der Waals surface area contributed by atoms with Gasteiger partial charge in [0.15, 0.2) is 0 Å². The molecule has 4 nitrogen and oxygen atoms in total. The van der Waals surface area contributed by atoms with Crippen molar-refractivity contribution in [2.75, 3.05) is 11.9 Å². The minimum Gasteiger partial charge on any atom is -0.384 e. The topological polar surface area (TPSA) is 46.9 Å². The van der Waals surface area contributed by atoms with E-state index in [0.29, 0.717) is 13.0 Å². The molecule has 1 N–H and O–H groups in total. The van der Waals surface area contributed by atoms with Crippen molar-refractivity contribution in [1.82, 2.24) is 9.78 Å². The second-order valence-electron chi connectivity index (χ2n) is 5.06. The van der Waals surface area contributed by atoms with E-state index in [9.17, 15) is 4.79 Å². The molecule has 0 amide bonds. The largest absolute Gasteiger partial charge is 0.384 e. The molecule has 0 saturated heterocycles. The van der Waals surface area contributed by atoms with Crippen LogP contribution in [0.1, 0.15) is 22.9 Å². The first kappa shape index (κ1) is 12.0. The number of carbonyl (C=O) groups is 1. The van der Waals surface area contributed by atoms with Crippen molar-refractivity contribution in [3.05, 3.63) is 47.3 Å². The highest BCUT2D eigenvalue weighted by Crippen LogP contribution is 2.32. The van der Waals surface area contributed by atoms with Crippen LogP contribution in [0.3, 0.4) is 0 Å². The van der Waals surface area contributed by atoms with Crippen molar-refractivity contribution in [3.63, 3.8) is 0 Å². The summed E-state index contributed by atoms with van der Waals surface area (Å²) < 4.78 is 1.79. The second-order valence-corrected chi connectivity index (χ2v) is 5.06. The number of aryl methyl sites for hydroxylation is 2. The van der Waals surface area contributed by atoms with Crippen molar-refractivity contribution < 1.29 is 4.79 Å². The number of benzene rings is 1. The minimum absolute atomic E-state index is 0.0357. The number of hydrogen-bond acceptors (Lipinski definition) is 3. The lowest BCUT2D eigenvalue weighted by Gasteiger charge is -2.09. The summed E-state index contributed by atoms with van der Waals surface area (Å²) in [6, 6.07) is 10.0. The molecule has 0 aliphatic carbocycles.